The minimum atomic E-state index is 0.862. The number of hydrogen-bond acceptors (Lipinski definition) is 0. The van der Waals surface area contributed by atoms with Crippen LogP contribution in [0.3, 0.4) is 0 Å². The van der Waals surface area contributed by atoms with Crippen molar-refractivity contribution in [1.82, 2.24) is 0 Å². The monoisotopic (exact) mass is 186 g/mol. The van der Waals surface area contributed by atoms with Crippen LogP contribution in [0.1, 0.15) is 5.56 Å². The average Bonchev–Trinajstić information content (AvgIpc) is 2.23. The van der Waals surface area contributed by atoms with Gasteiger partial charge in [-0.2, -0.15) is 0 Å². The van der Waals surface area contributed by atoms with E-state index in [1.807, 2.05) is 18.2 Å². The molecule has 0 bridgehead atoms. The van der Waals surface area contributed by atoms with Gasteiger partial charge >= 0.3 is 6.67 Å². The van der Waals surface area contributed by atoms with E-state index in [0.717, 1.165) is 6.67 Å². The molecule has 70 valence electrons. The molecule has 2 rings (SSSR count). The number of nitrogens with zero attached hydrogens (tertiary/aromatic N) is 2. The Morgan fingerprint density at radius 1 is 0.857 bits per heavy atom. The van der Waals surface area contributed by atoms with Gasteiger partial charge in [-0.1, -0.05) is 6.07 Å². The van der Waals surface area contributed by atoms with E-state index in [9.17, 15) is 0 Å². The highest BCUT2D eigenvalue weighted by Gasteiger charge is 2.04. The zero-order chi connectivity index (χ0) is 9.80. The first-order chi connectivity index (χ1) is 6.84. The first-order valence-corrected chi connectivity index (χ1v) is 4.74. The molecule has 2 aromatic rings. The van der Waals surface area contributed by atoms with Gasteiger partial charge in [0.25, 0.3) is 0 Å². The van der Waals surface area contributed by atoms with E-state index in [4.69, 9.17) is 0 Å². The van der Waals surface area contributed by atoms with Crippen LogP contribution in [0.4, 0.5) is 0 Å². The van der Waals surface area contributed by atoms with E-state index in [1.54, 1.807) is 0 Å². The summed E-state index contributed by atoms with van der Waals surface area (Å²) in [6.45, 7) is 2.96. The molecule has 0 aliphatic heterocycles. The van der Waals surface area contributed by atoms with Crippen molar-refractivity contribution in [2.24, 2.45) is 0 Å². The second-order valence-corrected chi connectivity index (χ2v) is 3.42. The Morgan fingerprint density at radius 3 is 2.07 bits per heavy atom. The lowest BCUT2D eigenvalue weighted by Crippen LogP contribution is -2.50. The highest BCUT2D eigenvalue weighted by molar-refractivity contribution is 5.02. The normalized spacial score (nSPS) is 10.1. The molecule has 0 aliphatic rings. The molecule has 0 atom stereocenters. The lowest BCUT2D eigenvalue weighted by molar-refractivity contribution is -0.913. The molecule has 0 amide bonds. The molecule has 0 saturated carbocycles. The summed E-state index contributed by atoms with van der Waals surface area (Å²) in [7, 11) is 0. The zero-order valence-electron chi connectivity index (χ0n) is 8.30. The summed E-state index contributed by atoms with van der Waals surface area (Å²) in [5.74, 6) is 0. The number of aryl methyl sites for hydroxylation is 1. The molecule has 0 aromatic carbocycles. The Labute approximate surface area is 84.1 Å². The van der Waals surface area contributed by atoms with Crippen molar-refractivity contribution in [3.63, 3.8) is 0 Å². The summed E-state index contributed by atoms with van der Waals surface area (Å²) in [4.78, 5) is 0. The van der Waals surface area contributed by atoms with E-state index in [0.29, 0.717) is 0 Å². The Balaban J connectivity index is 2.16. The summed E-state index contributed by atoms with van der Waals surface area (Å²) < 4.78 is 4.28. The average molecular weight is 186 g/mol. The van der Waals surface area contributed by atoms with Gasteiger partial charge in [-0.05, 0) is 12.5 Å². The van der Waals surface area contributed by atoms with E-state index < -0.39 is 0 Å². The van der Waals surface area contributed by atoms with Crippen molar-refractivity contribution >= 4 is 0 Å². The molecule has 2 nitrogen and oxygen atoms in total. The van der Waals surface area contributed by atoms with Crippen LogP contribution in [-0.2, 0) is 6.67 Å². The Morgan fingerprint density at radius 2 is 1.43 bits per heavy atom. The van der Waals surface area contributed by atoms with Gasteiger partial charge in [0.1, 0.15) is 0 Å². The van der Waals surface area contributed by atoms with E-state index in [1.165, 1.54) is 5.56 Å². The highest BCUT2D eigenvalue weighted by atomic mass is 15.1. The van der Waals surface area contributed by atoms with Crippen LogP contribution in [0.15, 0.2) is 55.1 Å². The zero-order valence-corrected chi connectivity index (χ0v) is 8.30. The van der Waals surface area contributed by atoms with Gasteiger partial charge in [-0.3, -0.25) is 0 Å². The van der Waals surface area contributed by atoms with E-state index in [-0.39, 0.29) is 0 Å². The summed E-state index contributed by atoms with van der Waals surface area (Å²) in [5.41, 5.74) is 1.29. The van der Waals surface area contributed by atoms with Crippen molar-refractivity contribution in [2.75, 3.05) is 0 Å². The second kappa shape index (κ2) is 4.01. The third-order valence-electron chi connectivity index (χ3n) is 2.16. The van der Waals surface area contributed by atoms with Gasteiger partial charge in [-0.25, -0.2) is 0 Å². The topological polar surface area (TPSA) is 7.76 Å². The fraction of sp³-hybridized carbons (Fsp3) is 0.167. The lowest BCUT2D eigenvalue weighted by atomic mass is 10.3. The minimum absolute atomic E-state index is 0.862. The van der Waals surface area contributed by atoms with Crippen LogP contribution < -0.4 is 9.13 Å². The van der Waals surface area contributed by atoms with E-state index >= 15 is 0 Å². The predicted octanol–water partition coefficient (Wildman–Crippen LogP) is 1.08. The van der Waals surface area contributed by atoms with Gasteiger partial charge in [0, 0.05) is 24.3 Å². The molecule has 0 aliphatic carbocycles. The third kappa shape index (κ3) is 2.16. The summed E-state index contributed by atoms with van der Waals surface area (Å²) in [6.07, 6.45) is 8.31. The second-order valence-electron chi connectivity index (χ2n) is 3.42. The summed E-state index contributed by atoms with van der Waals surface area (Å²) in [5, 5.41) is 0. The van der Waals surface area contributed by atoms with Crippen molar-refractivity contribution in [1.29, 1.82) is 0 Å². The molecule has 2 heterocycles. The molecule has 0 unspecified atom stereocenters. The maximum atomic E-state index is 2.15. The van der Waals surface area contributed by atoms with Crippen molar-refractivity contribution in [2.45, 2.75) is 13.6 Å². The van der Waals surface area contributed by atoms with Gasteiger partial charge in [0.15, 0.2) is 24.8 Å². The maximum absolute atomic E-state index is 2.15. The fourth-order valence-electron chi connectivity index (χ4n) is 1.34. The molecule has 0 N–H and O–H groups in total. The predicted molar refractivity (Wildman–Crippen MR) is 53.4 cm³/mol. The van der Waals surface area contributed by atoms with Crippen LogP contribution in [0, 0.1) is 6.92 Å². The SMILES string of the molecule is Cc1cc[n+](C[n+]2ccccc2)cc1. The number of rotatable bonds is 2. The fourth-order valence-corrected chi connectivity index (χ4v) is 1.34. The Kier molecular flexibility index (Phi) is 2.54. The van der Waals surface area contributed by atoms with Gasteiger partial charge in [0.2, 0.25) is 0 Å². The van der Waals surface area contributed by atoms with Gasteiger partial charge in [-0.15, -0.1) is 9.13 Å². The molecule has 0 spiro atoms. The summed E-state index contributed by atoms with van der Waals surface area (Å²) >= 11 is 0. The molecule has 2 heteroatoms. The largest absolute Gasteiger partial charge is 0.343 e. The third-order valence-corrected chi connectivity index (χ3v) is 2.16. The molecular weight excluding hydrogens is 172 g/mol. The first-order valence-electron chi connectivity index (χ1n) is 4.74. The Hall–Kier alpha value is -1.70. The quantitative estimate of drug-likeness (QED) is 0.620. The molecule has 0 saturated heterocycles. The number of pyridine rings is 2. The van der Waals surface area contributed by atoms with Crippen LogP contribution >= 0.6 is 0 Å². The van der Waals surface area contributed by atoms with Crippen molar-refractivity contribution in [3.8, 4) is 0 Å². The van der Waals surface area contributed by atoms with Crippen LogP contribution in [0.25, 0.3) is 0 Å². The maximum Gasteiger partial charge on any atom is 0.343 e. The van der Waals surface area contributed by atoms with Crippen LogP contribution in [-0.4, -0.2) is 0 Å². The molecule has 0 radical (unpaired) electrons. The van der Waals surface area contributed by atoms with Gasteiger partial charge in [0.05, 0.1) is 0 Å². The summed E-state index contributed by atoms with van der Waals surface area (Å²) in [6, 6.07) is 10.3. The molecule has 2 aromatic heterocycles. The Bertz CT molecular complexity index is 392. The molecule has 14 heavy (non-hydrogen) atoms. The molecule has 0 fully saturated rings. The number of hydrogen-bond donors (Lipinski definition) is 0. The van der Waals surface area contributed by atoms with Crippen LogP contribution in [0.5, 0.6) is 0 Å². The first kappa shape index (κ1) is 8.88. The van der Waals surface area contributed by atoms with Crippen molar-refractivity contribution in [3.05, 3.63) is 60.7 Å². The standard InChI is InChI=1S/C12H14N2/c1-12-5-9-14(10-6-12)11-13-7-3-2-4-8-13/h2-10H,11H2,1H3/q+2. The van der Waals surface area contributed by atoms with Crippen LogP contribution in [0.2, 0.25) is 0 Å². The van der Waals surface area contributed by atoms with Crippen molar-refractivity contribution < 1.29 is 9.13 Å². The minimum Gasteiger partial charge on any atom is -0.147 e. The number of aromatic nitrogens is 2. The van der Waals surface area contributed by atoms with Gasteiger partial charge < -0.3 is 0 Å². The lowest BCUT2D eigenvalue weighted by Gasteiger charge is -1.93. The molecular formula is C12H14N2+2. The highest BCUT2D eigenvalue weighted by Crippen LogP contribution is 1.88. The van der Waals surface area contributed by atoms with E-state index in [2.05, 4.69) is 53.0 Å². The smallest absolute Gasteiger partial charge is 0.147 e.